The van der Waals surface area contributed by atoms with Crippen LogP contribution in [-0.2, 0) is 0 Å². The number of nitrogens with one attached hydrogen (secondary N) is 1. The third kappa shape index (κ3) is 3.95. The van der Waals surface area contributed by atoms with Gasteiger partial charge in [-0.1, -0.05) is 48.9 Å². The zero-order chi connectivity index (χ0) is 19.6. The lowest BCUT2D eigenvalue weighted by Crippen LogP contribution is -2.16. The largest absolute Gasteiger partial charge is 0.321 e. The Hall–Kier alpha value is -3.28. The molecule has 138 valence electrons. The maximum atomic E-state index is 12.8. The molecule has 1 aromatic heterocycles. The van der Waals surface area contributed by atoms with Crippen LogP contribution in [0.15, 0.2) is 48.5 Å². The van der Waals surface area contributed by atoms with Crippen molar-refractivity contribution < 1.29 is 9.59 Å². The minimum atomic E-state index is -0.349. The highest BCUT2D eigenvalue weighted by atomic mass is 16.2. The van der Waals surface area contributed by atoms with Crippen molar-refractivity contribution in [2.45, 2.75) is 33.6 Å². The van der Waals surface area contributed by atoms with E-state index in [1.165, 1.54) is 6.92 Å². The van der Waals surface area contributed by atoms with Crippen molar-refractivity contribution in [2.75, 3.05) is 5.32 Å². The summed E-state index contributed by atoms with van der Waals surface area (Å²) in [7, 11) is 0. The molecule has 6 heteroatoms. The fraction of sp³-hybridized carbons (Fsp3) is 0.238. The Labute approximate surface area is 158 Å². The van der Waals surface area contributed by atoms with Gasteiger partial charge in [-0.15, -0.1) is 5.10 Å². The lowest BCUT2D eigenvalue weighted by molar-refractivity contribution is 0.100. The van der Waals surface area contributed by atoms with Crippen LogP contribution >= 0.6 is 0 Å². The molecule has 3 aromatic rings. The predicted molar refractivity (Wildman–Crippen MR) is 105 cm³/mol. The van der Waals surface area contributed by atoms with Crippen LogP contribution in [-0.4, -0.2) is 26.7 Å². The smallest absolute Gasteiger partial charge is 0.278 e. The summed E-state index contributed by atoms with van der Waals surface area (Å²) >= 11 is 0. The zero-order valence-electron chi connectivity index (χ0n) is 15.9. The Balaban J connectivity index is 1.94. The van der Waals surface area contributed by atoms with Crippen LogP contribution < -0.4 is 5.32 Å². The SMILES string of the molecule is CC(=O)c1cccc(NC(=O)c2nnn(-c3ccc(C)cc3)c2C(C)C)c1. The Morgan fingerprint density at radius 2 is 1.78 bits per heavy atom. The normalized spacial score (nSPS) is 10.9. The number of benzene rings is 2. The molecule has 6 nitrogen and oxygen atoms in total. The molecule has 0 aliphatic heterocycles. The molecule has 0 bridgehead atoms. The number of carbonyl (C=O) groups is 2. The van der Waals surface area contributed by atoms with E-state index in [0.29, 0.717) is 11.3 Å². The second-order valence-electron chi connectivity index (χ2n) is 6.82. The van der Waals surface area contributed by atoms with E-state index in [1.807, 2.05) is 45.0 Å². The molecule has 0 saturated heterocycles. The third-order valence-corrected chi connectivity index (χ3v) is 4.27. The molecule has 0 saturated carbocycles. The Morgan fingerprint density at radius 1 is 1.07 bits per heavy atom. The summed E-state index contributed by atoms with van der Waals surface area (Å²) in [6, 6.07) is 14.7. The number of aryl methyl sites for hydroxylation is 1. The van der Waals surface area contributed by atoms with E-state index in [1.54, 1.807) is 28.9 Å². The fourth-order valence-corrected chi connectivity index (χ4v) is 2.85. The zero-order valence-corrected chi connectivity index (χ0v) is 15.9. The summed E-state index contributed by atoms with van der Waals surface area (Å²) in [5.41, 5.74) is 4.10. The number of carbonyl (C=O) groups excluding carboxylic acids is 2. The van der Waals surface area contributed by atoms with E-state index in [0.717, 1.165) is 16.9 Å². The monoisotopic (exact) mass is 362 g/mol. The minimum absolute atomic E-state index is 0.0469. The van der Waals surface area contributed by atoms with Gasteiger partial charge in [0.1, 0.15) is 0 Å². The predicted octanol–water partition coefficient (Wildman–Crippen LogP) is 4.15. The van der Waals surface area contributed by atoms with E-state index in [-0.39, 0.29) is 23.3 Å². The van der Waals surface area contributed by atoms with Gasteiger partial charge in [0.05, 0.1) is 11.4 Å². The molecule has 2 aromatic carbocycles. The molecule has 1 amide bonds. The third-order valence-electron chi connectivity index (χ3n) is 4.27. The van der Waals surface area contributed by atoms with Gasteiger partial charge in [0.2, 0.25) is 0 Å². The van der Waals surface area contributed by atoms with Crippen molar-refractivity contribution in [3.63, 3.8) is 0 Å². The Kier molecular flexibility index (Phi) is 5.16. The van der Waals surface area contributed by atoms with Gasteiger partial charge in [0.25, 0.3) is 5.91 Å². The van der Waals surface area contributed by atoms with E-state index in [4.69, 9.17) is 0 Å². The lowest BCUT2D eigenvalue weighted by Gasteiger charge is -2.11. The molecule has 27 heavy (non-hydrogen) atoms. The van der Waals surface area contributed by atoms with Crippen LogP contribution in [0.2, 0.25) is 0 Å². The van der Waals surface area contributed by atoms with Crippen LogP contribution in [0.4, 0.5) is 5.69 Å². The number of hydrogen-bond donors (Lipinski definition) is 1. The molecule has 0 aliphatic rings. The standard InChI is InChI=1S/C21H22N4O2/c1-13(2)20-19(23-24-25(20)18-10-8-14(3)9-11-18)21(27)22-17-7-5-6-16(12-17)15(4)26/h5-13H,1-4H3,(H,22,27). The lowest BCUT2D eigenvalue weighted by atomic mass is 10.1. The fourth-order valence-electron chi connectivity index (χ4n) is 2.85. The number of Topliss-reactive ketones (excluding diaryl/α,β-unsaturated/α-hetero) is 1. The molecular weight excluding hydrogens is 340 g/mol. The van der Waals surface area contributed by atoms with Gasteiger partial charge in [0.15, 0.2) is 11.5 Å². The molecule has 1 heterocycles. The van der Waals surface area contributed by atoms with Gasteiger partial charge in [-0.3, -0.25) is 9.59 Å². The van der Waals surface area contributed by atoms with E-state index in [2.05, 4.69) is 15.6 Å². The van der Waals surface area contributed by atoms with Crippen molar-refractivity contribution in [2.24, 2.45) is 0 Å². The summed E-state index contributed by atoms with van der Waals surface area (Å²) in [5.74, 6) is -0.359. The van der Waals surface area contributed by atoms with E-state index < -0.39 is 0 Å². The van der Waals surface area contributed by atoms with Crippen LogP contribution in [0.3, 0.4) is 0 Å². The summed E-state index contributed by atoms with van der Waals surface area (Å²) in [6.45, 7) is 7.50. The first-order valence-electron chi connectivity index (χ1n) is 8.82. The number of rotatable bonds is 5. The first-order valence-corrected chi connectivity index (χ1v) is 8.82. The second kappa shape index (κ2) is 7.53. The van der Waals surface area contributed by atoms with Crippen LogP contribution in [0.1, 0.15) is 58.8 Å². The van der Waals surface area contributed by atoms with Crippen molar-refractivity contribution in [1.82, 2.24) is 15.0 Å². The molecule has 0 atom stereocenters. The number of amides is 1. The highest BCUT2D eigenvalue weighted by molar-refractivity contribution is 6.04. The van der Waals surface area contributed by atoms with Crippen molar-refractivity contribution in [3.8, 4) is 5.69 Å². The number of ketones is 1. The molecule has 0 spiro atoms. The molecule has 0 aliphatic carbocycles. The molecule has 0 radical (unpaired) electrons. The van der Waals surface area contributed by atoms with E-state index in [9.17, 15) is 9.59 Å². The van der Waals surface area contributed by atoms with Gasteiger partial charge >= 0.3 is 0 Å². The first-order chi connectivity index (χ1) is 12.9. The highest BCUT2D eigenvalue weighted by Crippen LogP contribution is 2.23. The molecule has 0 fully saturated rings. The second-order valence-corrected chi connectivity index (χ2v) is 6.82. The summed E-state index contributed by atoms with van der Waals surface area (Å²) in [6.07, 6.45) is 0. The number of anilines is 1. The van der Waals surface area contributed by atoms with Crippen LogP contribution in [0.25, 0.3) is 5.69 Å². The molecule has 1 N–H and O–H groups in total. The van der Waals surface area contributed by atoms with Crippen molar-refractivity contribution in [1.29, 1.82) is 0 Å². The number of nitrogens with zero attached hydrogens (tertiary/aromatic N) is 3. The van der Waals surface area contributed by atoms with E-state index >= 15 is 0 Å². The van der Waals surface area contributed by atoms with Gasteiger partial charge in [0, 0.05) is 11.3 Å². The average Bonchev–Trinajstić information content (AvgIpc) is 3.08. The Bertz CT molecular complexity index is 988. The van der Waals surface area contributed by atoms with Gasteiger partial charge < -0.3 is 5.32 Å². The molecule has 3 rings (SSSR count). The van der Waals surface area contributed by atoms with Gasteiger partial charge in [-0.05, 0) is 44.0 Å². The van der Waals surface area contributed by atoms with Crippen molar-refractivity contribution >= 4 is 17.4 Å². The topological polar surface area (TPSA) is 76.9 Å². The highest BCUT2D eigenvalue weighted by Gasteiger charge is 2.23. The van der Waals surface area contributed by atoms with Crippen LogP contribution in [0.5, 0.6) is 0 Å². The summed E-state index contributed by atoms with van der Waals surface area (Å²) in [4.78, 5) is 24.3. The maximum Gasteiger partial charge on any atom is 0.278 e. The first kappa shape index (κ1) is 18.5. The average molecular weight is 362 g/mol. The van der Waals surface area contributed by atoms with Crippen molar-refractivity contribution in [3.05, 3.63) is 71.0 Å². The maximum absolute atomic E-state index is 12.8. The number of hydrogen-bond acceptors (Lipinski definition) is 4. The number of aromatic nitrogens is 3. The summed E-state index contributed by atoms with van der Waals surface area (Å²) in [5, 5.41) is 11.1. The van der Waals surface area contributed by atoms with Gasteiger partial charge in [-0.2, -0.15) is 0 Å². The quantitative estimate of drug-likeness (QED) is 0.692. The van der Waals surface area contributed by atoms with Crippen LogP contribution in [0, 0.1) is 6.92 Å². The molecular formula is C21H22N4O2. The molecule has 0 unspecified atom stereocenters. The Morgan fingerprint density at radius 3 is 2.41 bits per heavy atom. The minimum Gasteiger partial charge on any atom is -0.321 e. The summed E-state index contributed by atoms with van der Waals surface area (Å²) < 4.78 is 1.70. The van der Waals surface area contributed by atoms with Gasteiger partial charge in [-0.25, -0.2) is 4.68 Å².